The minimum absolute atomic E-state index is 0.0481. The molecule has 2 aliphatic heterocycles. The number of nitrogens with one attached hydrogen (secondary N) is 3. The van der Waals surface area contributed by atoms with Crippen LogP contribution in [0.3, 0.4) is 0 Å². The molecule has 0 aliphatic carbocycles. The van der Waals surface area contributed by atoms with Gasteiger partial charge in [-0.3, -0.25) is 15.1 Å². The van der Waals surface area contributed by atoms with E-state index in [1.807, 2.05) is 6.08 Å². The Morgan fingerprint density at radius 2 is 2.53 bits per heavy atom. The minimum Gasteiger partial charge on any atom is -0.340 e. The van der Waals surface area contributed by atoms with Gasteiger partial charge in [-0.25, -0.2) is 0 Å². The summed E-state index contributed by atoms with van der Waals surface area (Å²) in [7, 11) is 1.72. The first-order chi connectivity index (χ1) is 7.29. The van der Waals surface area contributed by atoms with Crippen LogP contribution in [-0.2, 0) is 4.79 Å². The third kappa shape index (κ3) is 2.36. The first-order valence-corrected chi connectivity index (χ1v) is 5.26. The lowest BCUT2D eigenvalue weighted by atomic mass is 10.3. The summed E-state index contributed by atoms with van der Waals surface area (Å²) in [6.45, 7) is 0.985. The zero-order chi connectivity index (χ0) is 10.7. The second-order valence-corrected chi connectivity index (χ2v) is 3.74. The van der Waals surface area contributed by atoms with Gasteiger partial charge in [0.25, 0.3) is 5.91 Å². The fourth-order valence-corrected chi connectivity index (χ4v) is 1.80. The highest BCUT2D eigenvalue weighted by Gasteiger charge is 2.21. The van der Waals surface area contributed by atoms with Crippen LogP contribution in [0.2, 0.25) is 0 Å². The van der Waals surface area contributed by atoms with E-state index in [0.717, 1.165) is 31.6 Å². The molecule has 1 atom stereocenters. The van der Waals surface area contributed by atoms with Crippen molar-refractivity contribution < 1.29 is 4.79 Å². The number of rotatable bonds is 2. The Kier molecular flexibility index (Phi) is 3.01. The van der Waals surface area contributed by atoms with Crippen LogP contribution < -0.4 is 16.0 Å². The largest absolute Gasteiger partial charge is 0.340 e. The van der Waals surface area contributed by atoms with Crippen molar-refractivity contribution in [2.45, 2.75) is 25.4 Å². The number of amidine groups is 1. The molecule has 0 spiro atoms. The Morgan fingerprint density at radius 3 is 3.13 bits per heavy atom. The van der Waals surface area contributed by atoms with Gasteiger partial charge in [0.05, 0.1) is 6.17 Å². The van der Waals surface area contributed by atoms with E-state index in [0.29, 0.717) is 5.70 Å². The molecule has 5 nitrogen and oxygen atoms in total. The number of aliphatic imine (C=N–C) groups is 1. The molecule has 15 heavy (non-hydrogen) atoms. The van der Waals surface area contributed by atoms with Crippen LogP contribution in [0.1, 0.15) is 19.3 Å². The van der Waals surface area contributed by atoms with E-state index in [1.165, 1.54) is 0 Å². The van der Waals surface area contributed by atoms with Crippen molar-refractivity contribution in [1.29, 1.82) is 0 Å². The van der Waals surface area contributed by atoms with E-state index in [2.05, 4.69) is 20.9 Å². The maximum atomic E-state index is 11.7. The number of carbonyl (C=O) groups excluding carboxylic acids is 1. The van der Waals surface area contributed by atoms with Crippen LogP contribution in [0, 0.1) is 0 Å². The predicted octanol–water partition coefficient (Wildman–Crippen LogP) is -0.282. The summed E-state index contributed by atoms with van der Waals surface area (Å²) >= 11 is 0. The molecule has 2 heterocycles. The maximum Gasteiger partial charge on any atom is 0.268 e. The summed E-state index contributed by atoms with van der Waals surface area (Å²) in [5, 5.41) is 9.13. The summed E-state index contributed by atoms with van der Waals surface area (Å²) in [5.74, 6) is 0.799. The molecule has 1 fully saturated rings. The molecule has 3 N–H and O–H groups in total. The summed E-state index contributed by atoms with van der Waals surface area (Å²) in [6.07, 6.45) is 4.85. The molecule has 0 bridgehead atoms. The van der Waals surface area contributed by atoms with Crippen LogP contribution in [0.15, 0.2) is 16.8 Å². The highest BCUT2D eigenvalue weighted by molar-refractivity contribution is 6.02. The lowest BCUT2D eigenvalue weighted by molar-refractivity contribution is -0.118. The molecule has 1 amide bonds. The monoisotopic (exact) mass is 208 g/mol. The summed E-state index contributed by atoms with van der Waals surface area (Å²) in [6, 6.07) is 0. The molecule has 1 saturated heterocycles. The fraction of sp³-hybridized carbons (Fsp3) is 0.600. The Bertz CT molecular complexity index is 315. The average molecular weight is 208 g/mol. The number of hydrogen-bond acceptors (Lipinski definition) is 3. The third-order valence-corrected chi connectivity index (χ3v) is 2.66. The van der Waals surface area contributed by atoms with Crippen LogP contribution in [-0.4, -0.2) is 31.5 Å². The Labute approximate surface area is 89.0 Å². The maximum absolute atomic E-state index is 11.7. The van der Waals surface area contributed by atoms with E-state index in [-0.39, 0.29) is 12.1 Å². The Morgan fingerprint density at radius 1 is 1.67 bits per heavy atom. The van der Waals surface area contributed by atoms with Crippen molar-refractivity contribution in [2.75, 3.05) is 13.6 Å². The summed E-state index contributed by atoms with van der Waals surface area (Å²) in [5.41, 5.74) is 0.615. The zero-order valence-electron chi connectivity index (χ0n) is 8.84. The number of nitrogens with zero attached hydrogens (tertiary/aromatic N) is 1. The topological polar surface area (TPSA) is 65.5 Å². The highest BCUT2D eigenvalue weighted by Crippen LogP contribution is 2.06. The van der Waals surface area contributed by atoms with Crippen molar-refractivity contribution in [3.8, 4) is 0 Å². The molecular weight excluding hydrogens is 192 g/mol. The van der Waals surface area contributed by atoms with E-state index < -0.39 is 0 Å². The van der Waals surface area contributed by atoms with Crippen LogP contribution >= 0.6 is 0 Å². The van der Waals surface area contributed by atoms with Gasteiger partial charge >= 0.3 is 0 Å². The summed E-state index contributed by atoms with van der Waals surface area (Å²) in [4.78, 5) is 15.7. The molecule has 82 valence electrons. The van der Waals surface area contributed by atoms with Gasteiger partial charge in [0.15, 0.2) is 0 Å². The number of hydrogen-bond donors (Lipinski definition) is 3. The van der Waals surface area contributed by atoms with Crippen molar-refractivity contribution in [3.63, 3.8) is 0 Å². The molecular formula is C10H16N4O. The van der Waals surface area contributed by atoms with Crippen LogP contribution in [0.25, 0.3) is 0 Å². The molecule has 0 aromatic carbocycles. The first-order valence-electron chi connectivity index (χ1n) is 5.26. The van der Waals surface area contributed by atoms with Crippen molar-refractivity contribution >= 4 is 11.7 Å². The normalized spacial score (nSPS) is 27.7. The molecule has 2 aliphatic rings. The van der Waals surface area contributed by atoms with E-state index in [9.17, 15) is 4.79 Å². The first kappa shape index (κ1) is 10.2. The second-order valence-electron chi connectivity index (χ2n) is 3.74. The van der Waals surface area contributed by atoms with Gasteiger partial charge in [0.2, 0.25) is 0 Å². The molecule has 0 aromatic heterocycles. The van der Waals surface area contributed by atoms with Crippen LogP contribution in [0.5, 0.6) is 0 Å². The summed E-state index contributed by atoms with van der Waals surface area (Å²) < 4.78 is 0. The molecule has 0 saturated carbocycles. The van der Waals surface area contributed by atoms with Crippen molar-refractivity contribution in [3.05, 3.63) is 11.8 Å². The molecule has 0 aromatic rings. The van der Waals surface area contributed by atoms with Crippen molar-refractivity contribution in [1.82, 2.24) is 16.0 Å². The number of amides is 1. The standard InChI is InChI=1S/C10H16N4O/c1-11-8-5-4-7(13-8)10(15)14-9-3-2-6-12-9/h4,9,12H,2-3,5-6H2,1H3,(H,11,13)(H,14,15). The van der Waals surface area contributed by atoms with Gasteiger partial charge < -0.3 is 10.6 Å². The van der Waals surface area contributed by atoms with Gasteiger partial charge in [0.1, 0.15) is 11.5 Å². The highest BCUT2D eigenvalue weighted by atomic mass is 16.2. The molecule has 2 rings (SSSR count). The zero-order valence-corrected chi connectivity index (χ0v) is 8.84. The lowest BCUT2D eigenvalue weighted by Crippen LogP contribution is -2.43. The van der Waals surface area contributed by atoms with Crippen molar-refractivity contribution in [2.24, 2.45) is 4.99 Å². The van der Waals surface area contributed by atoms with Crippen LogP contribution in [0.4, 0.5) is 0 Å². The average Bonchev–Trinajstić information content (AvgIpc) is 2.86. The predicted molar refractivity (Wildman–Crippen MR) is 58.4 cm³/mol. The lowest BCUT2D eigenvalue weighted by Gasteiger charge is -2.13. The molecule has 0 radical (unpaired) electrons. The molecule has 5 heteroatoms. The minimum atomic E-state index is -0.0481. The molecule has 1 unspecified atom stereocenters. The van der Waals surface area contributed by atoms with Gasteiger partial charge in [-0.05, 0) is 25.5 Å². The van der Waals surface area contributed by atoms with Gasteiger partial charge in [-0.15, -0.1) is 0 Å². The second kappa shape index (κ2) is 4.44. The fourth-order valence-electron chi connectivity index (χ4n) is 1.80. The van der Waals surface area contributed by atoms with E-state index >= 15 is 0 Å². The van der Waals surface area contributed by atoms with E-state index in [1.54, 1.807) is 7.05 Å². The smallest absolute Gasteiger partial charge is 0.268 e. The third-order valence-electron chi connectivity index (χ3n) is 2.66. The Hall–Kier alpha value is -1.36. The quantitative estimate of drug-likeness (QED) is 0.584. The SMILES string of the molecule is CN=C1CC=C(C(=O)NC2CCCN2)N1. The van der Waals surface area contributed by atoms with Gasteiger partial charge in [-0.2, -0.15) is 0 Å². The number of carbonyl (C=O) groups is 1. The van der Waals surface area contributed by atoms with E-state index in [4.69, 9.17) is 0 Å². The van der Waals surface area contributed by atoms with Gasteiger partial charge in [-0.1, -0.05) is 0 Å². The Balaban J connectivity index is 1.86. The van der Waals surface area contributed by atoms with Gasteiger partial charge in [0, 0.05) is 13.5 Å².